The van der Waals surface area contributed by atoms with Gasteiger partial charge in [0.25, 0.3) is 0 Å². The summed E-state index contributed by atoms with van der Waals surface area (Å²) in [5.41, 5.74) is 3.58. The molecule has 1 aliphatic heterocycles. The zero-order valence-electron chi connectivity index (χ0n) is 14.0. The molecule has 0 spiro atoms. The van der Waals surface area contributed by atoms with Crippen molar-refractivity contribution >= 4 is 15.7 Å². The first kappa shape index (κ1) is 16.0. The molecular formula is C17H18N4O3S. The largest absolute Gasteiger partial charge is 0.495 e. The SMILES string of the molecule is COc1ccccc1S(=O)(=O)N1CCc2c(cnc3cc(C)nn23)C1. The highest BCUT2D eigenvalue weighted by molar-refractivity contribution is 7.89. The molecule has 0 bridgehead atoms. The van der Waals surface area contributed by atoms with E-state index in [0.29, 0.717) is 18.7 Å². The Hall–Kier alpha value is -2.45. The number of methoxy groups -OCH3 is 1. The first-order valence-corrected chi connectivity index (χ1v) is 9.41. The third kappa shape index (κ3) is 2.58. The molecule has 0 fully saturated rings. The minimum absolute atomic E-state index is 0.185. The van der Waals surface area contributed by atoms with Gasteiger partial charge < -0.3 is 4.74 Å². The van der Waals surface area contributed by atoms with Gasteiger partial charge in [0.15, 0.2) is 5.65 Å². The van der Waals surface area contributed by atoms with Gasteiger partial charge in [0.1, 0.15) is 10.6 Å². The Morgan fingerprint density at radius 1 is 1.24 bits per heavy atom. The average Bonchev–Trinajstić information content (AvgIpc) is 3.01. The van der Waals surface area contributed by atoms with Crippen LogP contribution in [-0.2, 0) is 23.0 Å². The number of aromatic nitrogens is 3. The van der Waals surface area contributed by atoms with Crippen LogP contribution < -0.4 is 4.74 Å². The van der Waals surface area contributed by atoms with Gasteiger partial charge in [0, 0.05) is 37.3 Å². The lowest BCUT2D eigenvalue weighted by molar-refractivity contribution is 0.373. The molecule has 1 aliphatic rings. The first-order valence-electron chi connectivity index (χ1n) is 7.97. The van der Waals surface area contributed by atoms with Crippen LogP contribution in [0.15, 0.2) is 41.4 Å². The Labute approximate surface area is 145 Å². The summed E-state index contributed by atoms with van der Waals surface area (Å²) in [7, 11) is -2.17. The number of benzene rings is 1. The maximum Gasteiger partial charge on any atom is 0.247 e. The highest BCUT2D eigenvalue weighted by Crippen LogP contribution is 2.30. The highest BCUT2D eigenvalue weighted by Gasteiger charge is 2.31. The van der Waals surface area contributed by atoms with Gasteiger partial charge in [0.05, 0.1) is 18.5 Å². The topological polar surface area (TPSA) is 76.8 Å². The van der Waals surface area contributed by atoms with Crippen molar-refractivity contribution in [3.63, 3.8) is 0 Å². The minimum Gasteiger partial charge on any atom is -0.495 e. The molecule has 0 radical (unpaired) electrons. The lowest BCUT2D eigenvalue weighted by atomic mass is 10.1. The molecular weight excluding hydrogens is 340 g/mol. The summed E-state index contributed by atoms with van der Waals surface area (Å²) in [5, 5.41) is 4.47. The van der Waals surface area contributed by atoms with E-state index in [-0.39, 0.29) is 11.4 Å². The van der Waals surface area contributed by atoms with Crippen molar-refractivity contribution in [1.82, 2.24) is 18.9 Å². The molecule has 3 heterocycles. The highest BCUT2D eigenvalue weighted by atomic mass is 32.2. The molecule has 0 saturated carbocycles. The van der Waals surface area contributed by atoms with Crippen molar-refractivity contribution in [3.8, 4) is 5.75 Å². The van der Waals surface area contributed by atoms with Crippen molar-refractivity contribution in [3.05, 3.63) is 53.5 Å². The van der Waals surface area contributed by atoms with Gasteiger partial charge in [-0.05, 0) is 19.1 Å². The fourth-order valence-corrected chi connectivity index (χ4v) is 4.78. The molecule has 0 N–H and O–H groups in total. The van der Waals surface area contributed by atoms with Gasteiger partial charge in [-0.3, -0.25) is 0 Å². The van der Waals surface area contributed by atoms with E-state index in [1.165, 1.54) is 11.4 Å². The van der Waals surface area contributed by atoms with E-state index in [0.717, 1.165) is 22.6 Å². The molecule has 4 rings (SSSR count). The summed E-state index contributed by atoms with van der Waals surface area (Å²) in [6, 6.07) is 8.59. The molecule has 7 nitrogen and oxygen atoms in total. The zero-order valence-corrected chi connectivity index (χ0v) is 14.8. The number of fused-ring (bicyclic) bond motifs is 3. The summed E-state index contributed by atoms with van der Waals surface area (Å²) in [6.45, 7) is 2.59. The van der Waals surface area contributed by atoms with Crippen LogP contribution in [0.3, 0.4) is 0 Å². The van der Waals surface area contributed by atoms with Crippen LogP contribution in [-0.4, -0.2) is 41.0 Å². The quantitative estimate of drug-likeness (QED) is 0.713. The van der Waals surface area contributed by atoms with Gasteiger partial charge in [-0.2, -0.15) is 9.40 Å². The fraction of sp³-hybridized carbons (Fsp3) is 0.294. The van der Waals surface area contributed by atoms with Gasteiger partial charge in [-0.25, -0.2) is 17.9 Å². The molecule has 2 aromatic heterocycles. The molecule has 8 heteroatoms. The molecule has 0 atom stereocenters. The lowest BCUT2D eigenvalue weighted by Crippen LogP contribution is -2.37. The second-order valence-electron chi connectivity index (χ2n) is 6.03. The number of rotatable bonds is 3. The molecule has 0 saturated heterocycles. The van der Waals surface area contributed by atoms with E-state index < -0.39 is 10.0 Å². The van der Waals surface area contributed by atoms with Crippen LogP contribution >= 0.6 is 0 Å². The maximum atomic E-state index is 13.0. The third-order valence-corrected chi connectivity index (χ3v) is 6.31. The van der Waals surface area contributed by atoms with Crippen LogP contribution in [0.1, 0.15) is 17.0 Å². The Morgan fingerprint density at radius 2 is 2.04 bits per heavy atom. The van der Waals surface area contributed by atoms with E-state index in [9.17, 15) is 8.42 Å². The smallest absolute Gasteiger partial charge is 0.247 e. The van der Waals surface area contributed by atoms with Gasteiger partial charge in [-0.15, -0.1) is 0 Å². The maximum absolute atomic E-state index is 13.0. The molecule has 0 amide bonds. The molecule has 0 unspecified atom stereocenters. The molecule has 1 aromatic carbocycles. The summed E-state index contributed by atoms with van der Waals surface area (Å²) < 4.78 is 34.6. The molecule has 25 heavy (non-hydrogen) atoms. The van der Waals surface area contributed by atoms with Crippen molar-refractivity contribution in [2.24, 2.45) is 0 Å². The van der Waals surface area contributed by atoms with E-state index in [4.69, 9.17) is 4.74 Å². The Morgan fingerprint density at radius 3 is 2.84 bits per heavy atom. The van der Waals surface area contributed by atoms with Crippen molar-refractivity contribution in [1.29, 1.82) is 0 Å². The molecule has 0 aliphatic carbocycles. The van der Waals surface area contributed by atoms with Crippen molar-refractivity contribution < 1.29 is 13.2 Å². The zero-order chi connectivity index (χ0) is 17.6. The Balaban J connectivity index is 1.73. The van der Waals surface area contributed by atoms with Crippen LogP contribution in [0.25, 0.3) is 5.65 Å². The monoisotopic (exact) mass is 358 g/mol. The Bertz CT molecular complexity index is 1060. The lowest BCUT2D eigenvalue weighted by Gasteiger charge is -2.28. The normalized spacial score (nSPS) is 15.3. The summed E-state index contributed by atoms with van der Waals surface area (Å²) in [4.78, 5) is 4.58. The number of ether oxygens (including phenoxy) is 1. The predicted molar refractivity (Wildman–Crippen MR) is 92.0 cm³/mol. The average molecular weight is 358 g/mol. The predicted octanol–water partition coefficient (Wildman–Crippen LogP) is 1.79. The fourth-order valence-electron chi connectivity index (χ4n) is 3.21. The number of aryl methyl sites for hydroxylation is 1. The van der Waals surface area contributed by atoms with Crippen LogP contribution in [0.5, 0.6) is 5.75 Å². The van der Waals surface area contributed by atoms with E-state index >= 15 is 0 Å². The van der Waals surface area contributed by atoms with E-state index in [1.807, 2.05) is 17.5 Å². The second-order valence-corrected chi connectivity index (χ2v) is 7.93. The van der Waals surface area contributed by atoms with E-state index in [2.05, 4.69) is 10.1 Å². The van der Waals surface area contributed by atoms with Crippen molar-refractivity contribution in [2.75, 3.05) is 13.7 Å². The molecule has 3 aromatic rings. The number of hydrogen-bond acceptors (Lipinski definition) is 5. The van der Waals surface area contributed by atoms with E-state index in [1.54, 1.807) is 30.5 Å². The standard InChI is InChI=1S/C17H18N4O3S/c1-12-9-17-18-10-13-11-20(8-7-14(13)21(17)19-12)25(22,23)16-6-4-3-5-15(16)24-2/h3-6,9-10H,7-8,11H2,1-2H3. The number of sulfonamides is 1. The first-order chi connectivity index (χ1) is 12.0. The van der Waals surface area contributed by atoms with Crippen LogP contribution in [0.4, 0.5) is 0 Å². The van der Waals surface area contributed by atoms with Crippen LogP contribution in [0.2, 0.25) is 0 Å². The number of para-hydroxylation sites is 1. The second kappa shape index (κ2) is 5.82. The third-order valence-electron chi connectivity index (χ3n) is 4.42. The van der Waals surface area contributed by atoms with Gasteiger partial charge in [-0.1, -0.05) is 12.1 Å². The Kier molecular flexibility index (Phi) is 3.73. The summed E-state index contributed by atoms with van der Waals surface area (Å²) in [6.07, 6.45) is 2.33. The summed E-state index contributed by atoms with van der Waals surface area (Å²) in [5.74, 6) is 0.351. The van der Waals surface area contributed by atoms with Crippen LogP contribution in [0, 0.1) is 6.92 Å². The minimum atomic E-state index is -3.64. The molecule has 130 valence electrons. The summed E-state index contributed by atoms with van der Waals surface area (Å²) >= 11 is 0. The van der Waals surface area contributed by atoms with Crippen molar-refractivity contribution in [2.45, 2.75) is 24.8 Å². The van der Waals surface area contributed by atoms with Gasteiger partial charge in [0.2, 0.25) is 10.0 Å². The number of nitrogens with zero attached hydrogens (tertiary/aromatic N) is 4. The van der Waals surface area contributed by atoms with Gasteiger partial charge >= 0.3 is 0 Å². The number of hydrogen-bond donors (Lipinski definition) is 0.